The Hall–Kier alpha value is -1.45. The fraction of sp³-hybridized carbons (Fsp3) is 0.294. The molecule has 21 heavy (non-hydrogen) atoms. The third kappa shape index (κ3) is 3.80. The zero-order chi connectivity index (χ0) is 15.4. The molecule has 1 nitrogen and oxygen atoms in total. The minimum Gasteiger partial charge on any atom is -0.306 e. The number of halogens is 3. The molecule has 0 aliphatic heterocycles. The van der Waals surface area contributed by atoms with Gasteiger partial charge >= 0.3 is 0 Å². The highest BCUT2D eigenvalue weighted by molar-refractivity contribution is 6.31. The maximum atomic E-state index is 13.6. The summed E-state index contributed by atoms with van der Waals surface area (Å²) in [6, 6.07) is 9.15. The summed E-state index contributed by atoms with van der Waals surface area (Å²) in [5.74, 6) is -0.636. The van der Waals surface area contributed by atoms with Crippen LogP contribution in [0.15, 0.2) is 36.4 Å². The van der Waals surface area contributed by atoms with Crippen molar-refractivity contribution in [2.45, 2.75) is 26.3 Å². The fourth-order valence-corrected chi connectivity index (χ4v) is 2.54. The first-order valence-electron chi connectivity index (χ1n) is 6.97. The van der Waals surface area contributed by atoms with Crippen LogP contribution in [-0.2, 0) is 0 Å². The molecular formula is C17H18ClF2N. The summed E-state index contributed by atoms with van der Waals surface area (Å²) in [4.78, 5) is 0. The SMILES string of the molecule is CCCNC(c1cccc(F)c1)c1cc(C)c(F)cc1Cl. The van der Waals surface area contributed by atoms with Gasteiger partial charge in [-0.25, -0.2) is 8.78 Å². The summed E-state index contributed by atoms with van der Waals surface area (Å²) in [7, 11) is 0. The van der Waals surface area contributed by atoms with Crippen LogP contribution >= 0.6 is 11.6 Å². The van der Waals surface area contributed by atoms with Crippen molar-refractivity contribution in [3.63, 3.8) is 0 Å². The molecule has 1 N–H and O–H groups in total. The summed E-state index contributed by atoms with van der Waals surface area (Å²) in [6.45, 7) is 4.50. The van der Waals surface area contributed by atoms with Gasteiger partial charge in [-0.15, -0.1) is 0 Å². The van der Waals surface area contributed by atoms with Crippen LogP contribution in [-0.4, -0.2) is 6.54 Å². The van der Waals surface area contributed by atoms with Gasteiger partial charge < -0.3 is 5.32 Å². The van der Waals surface area contributed by atoms with Crippen LogP contribution in [0.3, 0.4) is 0 Å². The second-order valence-corrected chi connectivity index (χ2v) is 5.47. The highest BCUT2D eigenvalue weighted by atomic mass is 35.5. The van der Waals surface area contributed by atoms with Crippen LogP contribution in [0, 0.1) is 18.6 Å². The van der Waals surface area contributed by atoms with Crippen molar-refractivity contribution < 1.29 is 8.78 Å². The van der Waals surface area contributed by atoms with Gasteiger partial charge in [0.2, 0.25) is 0 Å². The zero-order valence-corrected chi connectivity index (χ0v) is 12.8. The van der Waals surface area contributed by atoms with Gasteiger partial charge in [-0.1, -0.05) is 30.7 Å². The smallest absolute Gasteiger partial charge is 0.127 e. The van der Waals surface area contributed by atoms with Gasteiger partial charge in [0.25, 0.3) is 0 Å². The molecule has 2 aromatic carbocycles. The third-order valence-corrected chi connectivity index (χ3v) is 3.70. The number of aryl methyl sites for hydroxylation is 1. The lowest BCUT2D eigenvalue weighted by molar-refractivity contribution is 0.580. The molecule has 1 atom stereocenters. The Morgan fingerprint density at radius 2 is 1.95 bits per heavy atom. The van der Waals surface area contributed by atoms with Gasteiger partial charge in [0.1, 0.15) is 11.6 Å². The van der Waals surface area contributed by atoms with E-state index in [4.69, 9.17) is 11.6 Å². The number of hydrogen-bond acceptors (Lipinski definition) is 1. The topological polar surface area (TPSA) is 12.0 Å². The summed E-state index contributed by atoms with van der Waals surface area (Å²) in [5.41, 5.74) is 2.06. The van der Waals surface area contributed by atoms with Crippen LogP contribution in [0.25, 0.3) is 0 Å². The van der Waals surface area contributed by atoms with Crippen molar-refractivity contribution in [1.82, 2.24) is 5.32 Å². The van der Waals surface area contributed by atoms with Crippen molar-refractivity contribution in [3.8, 4) is 0 Å². The normalized spacial score (nSPS) is 12.4. The molecule has 0 heterocycles. The van der Waals surface area contributed by atoms with Gasteiger partial charge in [0.05, 0.1) is 6.04 Å². The number of benzene rings is 2. The Kier molecular flexibility index (Phi) is 5.32. The minimum atomic E-state index is -0.336. The van der Waals surface area contributed by atoms with Crippen molar-refractivity contribution in [1.29, 1.82) is 0 Å². The van der Waals surface area contributed by atoms with Gasteiger partial charge in [0, 0.05) is 5.02 Å². The maximum Gasteiger partial charge on any atom is 0.127 e. The van der Waals surface area contributed by atoms with Crippen molar-refractivity contribution in [3.05, 3.63) is 69.7 Å². The first-order chi connectivity index (χ1) is 10.0. The summed E-state index contributed by atoms with van der Waals surface area (Å²) < 4.78 is 27.1. The average Bonchev–Trinajstić information content (AvgIpc) is 2.44. The van der Waals surface area contributed by atoms with Crippen LogP contribution in [0.4, 0.5) is 8.78 Å². The summed E-state index contributed by atoms with van der Waals surface area (Å²) in [5, 5.41) is 3.69. The van der Waals surface area contributed by atoms with E-state index in [0.29, 0.717) is 10.6 Å². The van der Waals surface area contributed by atoms with E-state index in [1.165, 1.54) is 18.2 Å². The molecule has 0 fully saturated rings. The highest BCUT2D eigenvalue weighted by Crippen LogP contribution is 2.30. The third-order valence-electron chi connectivity index (χ3n) is 3.37. The van der Waals surface area contributed by atoms with E-state index in [9.17, 15) is 8.78 Å². The van der Waals surface area contributed by atoms with E-state index >= 15 is 0 Å². The number of nitrogens with one attached hydrogen (secondary N) is 1. The number of rotatable bonds is 5. The molecule has 0 saturated carbocycles. The predicted octanol–water partition coefficient (Wildman–Crippen LogP) is 5.02. The quantitative estimate of drug-likeness (QED) is 0.818. The molecule has 0 saturated heterocycles. The average molecular weight is 310 g/mol. The van der Waals surface area contributed by atoms with E-state index in [0.717, 1.165) is 24.1 Å². The van der Waals surface area contributed by atoms with E-state index in [2.05, 4.69) is 5.32 Å². The van der Waals surface area contributed by atoms with Crippen LogP contribution in [0.1, 0.15) is 36.1 Å². The molecule has 112 valence electrons. The summed E-state index contributed by atoms with van der Waals surface area (Å²) >= 11 is 6.19. The Morgan fingerprint density at radius 1 is 1.19 bits per heavy atom. The predicted molar refractivity (Wildman–Crippen MR) is 82.7 cm³/mol. The molecule has 0 aromatic heterocycles. The van der Waals surface area contributed by atoms with Gasteiger partial charge in [-0.05, 0) is 60.8 Å². The van der Waals surface area contributed by atoms with E-state index in [-0.39, 0.29) is 17.7 Å². The zero-order valence-electron chi connectivity index (χ0n) is 12.1. The Morgan fingerprint density at radius 3 is 2.62 bits per heavy atom. The molecule has 2 rings (SSSR count). The van der Waals surface area contributed by atoms with Gasteiger partial charge in [-0.2, -0.15) is 0 Å². The lowest BCUT2D eigenvalue weighted by atomic mass is 9.96. The molecular weight excluding hydrogens is 292 g/mol. The lowest BCUT2D eigenvalue weighted by Gasteiger charge is -2.21. The second-order valence-electron chi connectivity index (χ2n) is 5.07. The first-order valence-corrected chi connectivity index (χ1v) is 7.35. The van der Waals surface area contributed by atoms with Crippen molar-refractivity contribution in [2.24, 2.45) is 0 Å². The minimum absolute atomic E-state index is 0.257. The first kappa shape index (κ1) is 15.9. The molecule has 0 aliphatic rings. The molecule has 0 amide bonds. The van der Waals surface area contributed by atoms with E-state index in [1.807, 2.05) is 13.0 Å². The molecule has 0 radical (unpaired) electrons. The Labute approximate surface area is 128 Å². The van der Waals surface area contributed by atoms with Crippen LogP contribution in [0.5, 0.6) is 0 Å². The van der Waals surface area contributed by atoms with Gasteiger partial charge in [0.15, 0.2) is 0 Å². The lowest BCUT2D eigenvalue weighted by Crippen LogP contribution is -2.23. The summed E-state index contributed by atoms with van der Waals surface area (Å²) in [6.07, 6.45) is 0.934. The van der Waals surface area contributed by atoms with Gasteiger partial charge in [-0.3, -0.25) is 0 Å². The van der Waals surface area contributed by atoms with E-state index < -0.39 is 0 Å². The highest BCUT2D eigenvalue weighted by Gasteiger charge is 2.18. The standard InChI is InChI=1S/C17H18ClF2N/c1-3-7-21-17(12-5-4-6-13(19)9-12)14-8-11(2)16(20)10-15(14)18/h4-6,8-10,17,21H,3,7H2,1-2H3. The molecule has 0 spiro atoms. The Bertz CT molecular complexity index is 628. The number of hydrogen-bond donors (Lipinski definition) is 1. The fourth-order valence-electron chi connectivity index (χ4n) is 2.28. The molecule has 2 aromatic rings. The molecule has 4 heteroatoms. The van der Waals surface area contributed by atoms with Crippen molar-refractivity contribution in [2.75, 3.05) is 6.54 Å². The van der Waals surface area contributed by atoms with Crippen LogP contribution in [0.2, 0.25) is 5.02 Å². The molecule has 0 bridgehead atoms. The Balaban J connectivity index is 2.47. The van der Waals surface area contributed by atoms with Crippen LogP contribution < -0.4 is 5.32 Å². The maximum absolute atomic E-state index is 13.6. The molecule has 1 unspecified atom stereocenters. The molecule has 0 aliphatic carbocycles. The van der Waals surface area contributed by atoms with E-state index in [1.54, 1.807) is 19.1 Å². The largest absolute Gasteiger partial charge is 0.306 e. The second kappa shape index (κ2) is 7.01. The monoisotopic (exact) mass is 309 g/mol. The van der Waals surface area contributed by atoms with Crippen molar-refractivity contribution >= 4 is 11.6 Å².